The largest absolute Gasteiger partial charge is 0.490 e. The van der Waals surface area contributed by atoms with Crippen molar-refractivity contribution in [3.63, 3.8) is 0 Å². The molecule has 4 rings (SSSR count). The van der Waals surface area contributed by atoms with Crippen LogP contribution in [0, 0.1) is 11.7 Å². The number of carbonyl (C=O) groups is 1. The van der Waals surface area contributed by atoms with Crippen LogP contribution in [0.3, 0.4) is 0 Å². The Labute approximate surface area is 208 Å². The number of benzene rings is 1. The molecule has 1 saturated heterocycles. The lowest BCUT2D eigenvalue weighted by Gasteiger charge is -2.45. The molecule has 7 nitrogen and oxygen atoms in total. The third kappa shape index (κ3) is 5.90. The number of amides is 1. The monoisotopic (exact) mass is 536 g/mol. The van der Waals surface area contributed by atoms with Gasteiger partial charge in [0.1, 0.15) is 0 Å². The molecule has 0 N–H and O–H groups in total. The molecule has 0 unspecified atom stereocenters. The number of ether oxygens (including phenoxy) is 2. The van der Waals surface area contributed by atoms with Gasteiger partial charge < -0.3 is 14.4 Å². The Bertz CT molecular complexity index is 1050. The average molecular weight is 537 g/mol. The van der Waals surface area contributed by atoms with Gasteiger partial charge in [-0.25, -0.2) is 17.6 Å². The van der Waals surface area contributed by atoms with Crippen molar-refractivity contribution >= 4 is 15.9 Å². The molecule has 1 aliphatic heterocycles. The first-order chi connectivity index (χ1) is 16.9. The summed E-state index contributed by atoms with van der Waals surface area (Å²) in [5.41, 5.74) is -2.32. The number of sulfone groups is 1. The summed E-state index contributed by atoms with van der Waals surface area (Å²) in [6, 6.07) is 3.95. The number of rotatable bonds is 6. The number of carbonyl (C=O) groups excluding carboxylic acids is 1. The standard InChI is InChI=1S/C24H32F4N2O5S/c1-36(32,33)19-7-8-21(20(25)15-19)34-16-17-3-5-18(6-4-17)29-11-13-30(14-12-29)22(31)35-23(9-2-10-23)24(26,27)28/h7-8,15,17-18H,2-6,9-14,16H2,1H3/t17-,18-. The summed E-state index contributed by atoms with van der Waals surface area (Å²) in [5.74, 6) is -0.434. The van der Waals surface area contributed by atoms with Gasteiger partial charge in [0.25, 0.3) is 0 Å². The summed E-state index contributed by atoms with van der Waals surface area (Å²) in [5, 5.41) is 0. The lowest BCUT2D eigenvalue weighted by Crippen LogP contribution is -2.58. The zero-order valence-electron chi connectivity index (χ0n) is 20.2. The van der Waals surface area contributed by atoms with Crippen LogP contribution in [0.2, 0.25) is 0 Å². The molecule has 0 bridgehead atoms. The number of piperazine rings is 1. The maximum Gasteiger partial charge on any atom is 0.428 e. The predicted octanol–water partition coefficient (Wildman–Crippen LogP) is 4.41. The summed E-state index contributed by atoms with van der Waals surface area (Å²) >= 11 is 0. The van der Waals surface area contributed by atoms with Gasteiger partial charge in [-0.1, -0.05) is 0 Å². The van der Waals surface area contributed by atoms with Crippen molar-refractivity contribution in [2.75, 3.05) is 39.0 Å². The van der Waals surface area contributed by atoms with Gasteiger partial charge in [0.15, 0.2) is 21.4 Å². The van der Waals surface area contributed by atoms with Gasteiger partial charge in [-0.3, -0.25) is 4.90 Å². The summed E-state index contributed by atoms with van der Waals surface area (Å²) in [6.45, 7) is 2.16. The number of alkyl halides is 3. The van der Waals surface area contributed by atoms with Gasteiger partial charge in [0.2, 0.25) is 5.60 Å². The second-order valence-corrected chi connectivity index (χ2v) is 12.1. The van der Waals surface area contributed by atoms with Crippen LogP contribution in [0.1, 0.15) is 44.9 Å². The molecule has 36 heavy (non-hydrogen) atoms. The van der Waals surface area contributed by atoms with E-state index in [0.29, 0.717) is 45.2 Å². The van der Waals surface area contributed by atoms with Crippen molar-refractivity contribution in [2.45, 2.75) is 67.7 Å². The number of hydrogen-bond acceptors (Lipinski definition) is 6. The van der Waals surface area contributed by atoms with Crippen molar-refractivity contribution in [1.29, 1.82) is 0 Å². The summed E-state index contributed by atoms with van der Waals surface area (Å²) < 4.78 is 87.7. The molecule has 0 aromatic heterocycles. The van der Waals surface area contributed by atoms with Gasteiger partial charge in [-0.2, -0.15) is 13.2 Å². The van der Waals surface area contributed by atoms with Crippen LogP contribution in [0.5, 0.6) is 5.75 Å². The van der Waals surface area contributed by atoms with E-state index in [9.17, 15) is 30.8 Å². The third-order valence-corrected chi connectivity index (χ3v) is 8.78. The highest BCUT2D eigenvalue weighted by molar-refractivity contribution is 7.90. The van der Waals surface area contributed by atoms with E-state index in [2.05, 4.69) is 4.90 Å². The second kappa shape index (κ2) is 10.4. The van der Waals surface area contributed by atoms with Crippen molar-refractivity contribution in [3.05, 3.63) is 24.0 Å². The van der Waals surface area contributed by atoms with Gasteiger partial charge in [-0.05, 0) is 69.1 Å². The van der Waals surface area contributed by atoms with Gasteiger partial charge in [-0.15, -0.1) is 0 Å². The first kappa shape index (κ1) is 27.0. The maximum absolute atomic E-state index is 14.2. The van der Waals surface area contributed by atoms with E-state index in [1.807, 2.05) is 0 Å². The normalized spacial score (nSPS) is 25.2. The Kier molecular flexibility index (Phi) is 7.76. The minimum Gasteiger partial charge on any atom is -0.490 e. The van der Waals surface area contributed by atoms with Crippen LogP contribution >= 0.6 is 0 Å². The van der Waals surface area contributed by atoms with E-state index < -0.39 is 33.5 Å². The van der Waals surface area contributed by atoms with E-state index in [0.717, 1.165) is 38.0 Å². The zero-order chi connectivity index (χ0) is 26.1. The molecule has 0 atom stereocenters. The van der Waals surface area contributed by atoms with E-state index in [1.165, 1.54) is 17.0 Å². The lowest BCUT2D eigenvalue weighted by molar-refractivity contribution is -0.286. The van der Waals surface area contributed by atoms with Gasteiger partial charge >= 0.3 is 12.3 Å². The molecule has 0 spiro atoms. The van der Waals surface area contributed by atoms with E-state index in [-0.39, 0.29) is 29.4 Å². The first-order valence-electron chi connectivity index (χ1n) is 12.3. The Balaban J connectivity index is 1.19. The van der Waals surface area contributed by atoms with Crippen molar-refractivity contribution in [2.24, 2.45) is 5.92 Å². The molecule has 2 aliphatic carbocycles. The Morgan fingerprint density at radius 1 is 1.08 bits per heavy atom. The number of nitrogens with zero attached hydrogens (tertiary/aromatic N) is 2. The van der Waals surface area contributed by atoms with E-state index in [1.54, 1.807) is 0 Å². The smallest absolute Gasteiger partial charge is 0.428 e. The second-order valence-electron chi connectivity index (χ2n) is 10.1. The fourth-order valence-electron chi connectivity index (χ4n) is 5.16. The number of halogens is 4. The van der Waals surface area contributed by atoms with Crippen LogP contribution in [0.4, 0.5) is 22.4 Å². The van der Waals surface area contributed by atoms with Crippen molar-refractivity contribution in [1.82, 2.24) is 9.80 Å². The average Bonchev–Trinajstić information content (AvgIpc) is 2.79. The Hall–Kier alpha value is -2.08. The minimum absolute atomic E-state index is 0.0294. The van der Waals surface area contributed by atoms with Gasteiger partial charge in [0, 0.05) is 38.5 Å². The summed E-state index contributed by atoms with van der Waals surface area (Å²) in [7, 11) is -3.49. The summed E-state index contributed by atoms with van der Waals surface area (Å²) in [4.78, 5) is 15.9. The molecule has 0 radical (unpaired) electrons. The third-order valence-electron chi connectivity index (χ3n) is 7.67. The molecule has 1 heterocycles. The fraction of sp³-hybridized carbons (Fsp3) is 0.708. The quantitative estimate of drug-likeness (QED) is 0.502. The molecule has 1 amide bonds. The Morgan fingerprint density at radius 2 is 1.72 bits per heavy atom. The molecule has 2 saturated carbocycles. The molecule has 1 aromatic carbocycles. The maximum atomic E-state index is 14.2. The molecule has 3 fully saturated rings. The van der Waals surface area contributed by atoms with E-state index in [4.69, 9.17) is 9.47 Å². The van der Waals surface area contributed by atoms with E-state index >= 15 is 0 Å². The molecular formula is C24H32F4N2O5S. The minimum atomic E-state index is -4.55. The predicted molar refractivity (Wildman–Crippen MR) is 123 cm³/mol. The molecule has 202 valence electrons. The topological polar surface area (TPSA) is 76.2 Å². The Morgan fingerprint density at radius 3 is 2.22 bits per heavy atom. The fourth-order valence-corrected chi connectivity index (χ4v) is 5.79. The first-order valence-corrected chi connectivity index (χ1v) is 14.2. The molecule has 1 aromatic rings. The van der Waals surface area contributed by atoms with Crippen LogP contribution < -0.4 is 4.74 Å². The van der Waals surface area contributed by atoms with Crippen LogP contribution in [-0.2, 0) is 14.6 Å². The summed E-state index contributed by atoms with van der Waals surface area (Å²) in [6.07, 6.45) is -0.782. The van der Waals surface area contributed by atoms with Crippen LogP contribution in [0.15, 0.2) is 23.1 Å². The zero-order valence-corrected chi connectivity index (χ0v) is 21.0. The number of hydrogen-bond donors (Lipinski definition) is 0. The lowest BCUT2D eigenvalue weighted by atomic mass is 9.79. The molecule has 3 aliphatic rings. The van der Waals surface area contributed by atoms with Crippen LogP contribution in [-0.4, -0.2) is 81.2 Å². The van der Waals surface area contributed by atoms with Crippen LogP contribution in [0.25, 0.3) is 0 Å². The SMILES string of the molecule is CS(=O)(=O)c1ccc(OC[C@H]2CC[C@H](N3CCN(C(=O)OC4(C(F)(F)F)CCC4)CC3)CC2)c(F)c1. The highest BCUT2D eigenvalue weighted by Gasteiger charge is 2.62. The van der Waals surface area contributed by atoms with Gasteiger partial charge in [0.05, 0.1) is 11.5 Å². The van der Waals surface area contributed by atoms with Crippen molar-refractivity contribution < 1.29 is 40.2 Å². The highest BCUT2D eigenvalue weighted by atomic mass is 32.2. The van der Waals surface area contributed by atoms with Crippen molar-refractivity contribution in [3.8, 4) is 5.75 Å². The molecular weight excluding hydrogens is 504 g/mol. The highest BCUT2D eigenvalue weighted by Crippen LogP contribution is 2.48. The molecule has 12 heteroatoms.